The molecule has 156 valence electrons. The second-order valence-corrected chi connectivity index (χ2v) is 7.23. The lowest BCUT2D eigenvalue weighted by Crippen LogP contribution is -2.50. The highest BCUT2D eigenvalue weighted by Crippen LogP contribution is 2.32. The molecule has 1 saturated heterocycles. The lowest BCUT2D eigenvalue weighted by Gasteiger charge is -2.34. The summed E-state index contributed by atoms with van der Waals surface area (Å²) in [6.45, 7) is 3.66. The van der Waals surface area contributed by atoms with Crippen molar-refractivity contribution < 1.29 is 14.3 Å². The molecule has 8 heteroatoms. The molecule has 31 heavy (non-hydrogen) atoms. The van der Waals surface area contributed by atoms with Crippen molar-refractivity contribution in [2.75, 3.05) is 26.2 Å². The number of nitrogens with one attached hydrogen (secondary N) is 1. The van der Waals surface area contributed by atoms with E-state index >= 15 is 0 Å². The number of nitriles is 1. The van der Waals surface area contributed by atoms with Crippen molar-refractivity contribution in [1.82, 2.24) is 20.0 Å². The van der Waals surface area contributed by atoms with E-state index in [2.05, 4.69) is 16.3 Å². The van der Waals surface area contributed by atoms with Crippen LogP contribution in [0.25, 0.3) is 11.3 Å². The van der Waals surface area contributed by atoms with Gasteiger partial charge in [0.15, 0.2) is 5.75 Å². The third-order valence-corrected chi connectivity index (χ3v) is 5.23. The molecule has 0 radical (unpaired) electrons. The van der Waals surface area contributed by atoms with Crippen molar-refractivity contribution in [1.29, 1.82) is 5.26 Å². The topological polar surface area (TPSA) is 102 Å². The predicted molar refractivity (Wildman–Crippen MR) is 113 cm³/mol. The van der Waals surface area contributed by atoms with Gasteiger partial charge in [0.1, 0.15) is 11.4 Å². The first-order valence-electron chi connectivity index (χ1n) is 9.92. The molecule has 2 aromatic carbocycles. The Bertz CT molecular complexity index is 1140. The Morgan fingerprint density at radius 2 is 1.77 bits per heavy atom. The number of rotatable bonds is 4. The van der Waals surface area contributed by atoms with Crippen LogP contribution in [0.3, 0.4) is 0 Å². The van der Waals surface area contributed by atoms with Crippen molar-refractivity contribution in [3.8, 4) is 28.8 Å². The maximum absolute atomic E-state index is 13.0. The number of hydrogen-bond acceptors (Lipinski definition) is 5. The molecule has 2 heterocycles. The average Bonchev–Trinajstić information content (AvgIpc) is 3.27. The monoisotopic (exact) mass is 415 g/mol. The first kappa shape index (κ1) is 20.2. The zero-order valence-corrected chi connectivity index (χ0v) is 17.0. The highest BCUT2D eigenvalue weighted by atomic mass is 16.5. The Labute approximate surface area is 179 Å². The molecule has 0 bridgehead atoms. The van der Waals surface area contributed by atoms with E-state index in [1.165, 1.54) is 0 Å². The van der Waals surface area contributed by atoms with Gasteiger partial charge in [0.05, 0.1) is 17.8 Å². The van der Waals surface area contributed by atoms with Crippen LogP contribution in [0.1, 0.15) is 22.8 Å². The summed E-state index contributed by atoms with van der Waals surface area (Å²) in [5.74, 6) is 1.06. The van der Waals surface area contributed by atoms with Crippen LogP contribution < -0.4 is 4.74 Å². The molecule has 1 aromatic heterocycles. The van der Waals surface area contributed by atoms with Gasteiger partial charge in [-0.1, -0.05) is 12.1 Å². The SMILES string of the molecule is CC(=O)N1CCN(C(=O)c2cccc(-c3[nH]ncc3Oc3ccc(C#N)cc3)c2)CC1. The van der Waals surface area contributed by atoms with Crippen LogP contribution in [0, 0.1) is 11.3 Å². The van der Waals surface area contributed by atoms with E-state index < -0.39 is 0 Å². The summed E-state index contributed by atoms with van der Waals surface area (Å²) in [6.07, 6.45) is 1.57. The molecule has 0 unspecified atom stereocenters. The van der Waals surface area contributed by atoms with Gasteiger partial charge in [0.25, 0.3) is 5.91 Å². The molecule has 4 rings (SSSR count). The average molecular weight is 415 g/mol. The minimum Gasteiger partial charge on any atom is -0.453 e. The maximum Gasteiger partial charge on any atom is 0.253 e. The number of benzene rings is 2. The summed E-state index contributed by atoms with van der Waals surface area (Å²) in [4.78, 5) is 28.0. The fraction of sp³-hybridized carbons (Fsp3) is 0.217. The number of ether oxygens (including phenoxy) is 1. The quantitative estimate of drug-likeness (QED) is 0.706. The molecular formula is C23H21N5O3. The predicted octanol–water partition coefficient (Wildman–Crippen LogP) is 3.04. The largest absolute Gasteiger partial charge is 0.453 e. The molecule has 1 aliphatic heterocycles. The van der Waals surface area contributed by atoms with Gasteiger partial charge in [-0.15, -0.1) is 0 Å². The fourth-order valence-corrected chi connectivity index (χ4v) is 3.50. The number of hydrogen-bond donors (Lipinski definition) is 1. The summed E-state index contributed by atoms with van der Waals surface area (Å²) in [5, 5.41) is 15.9. The van der Waals surface area contributed by atoms with Gasteiger partial charge in [-0.2, -0.15) is 10.4 Å². The molecule has 0 saturated carbocycles. The molecule has 0 aliphatic carbocycles. The van der Waals surface area contributed by atoms with E-state index in [1.807, 2.05) is 12.1 Å². The first-order chi connectivity index (χ1) is 15.0. The van der Waals surface area contributed by atoms with Crippen LogP contribution in [-0.2, 0) is 4.79 Å². The van der Waals surface area contributed by atoms with Crippen LogP contribution >= 0.6 is 0 Å². The molecule has 2 amide bonds. The number of carbonyl (C=O) groups is 2. The number of amides is 2. The van der Waals surface area contributed by atoms with Crippen LogP contribution in [-0.4, -0.2) is 58.0 Å². The molecule has 3 aromatic rings. The Balaban J connectivity index is 1.51. The van der Waals surface area contributed by atoms with E-state index in [0.29, 0.717) is 54.5 Å². The molecule has 1 N–H and O–H groups in total. The molecule has 0 spiro atoms. The Morgan fingerprint density at radius 1 is 1.06 bits per heavy atom. The third-order valence-electron chi connectivity index (χ3n) is 5.23. The Hall–Kier alpha value is -4.12. The molecule has 0 atom stereocenters. The number of nitrogens with zero attached hydrogens (tertiary/aromatic N) is 4. The smallest absolute Gasteiger partial charge is 0.253 e. The summed E-state index contributed by atoms with van der Waals surface area (Å²) in [6, 6.07) is 16.2. The molecule has 1 aliphatic rings. The van der Waals surface area contributed by atoms with E-state index in [0.717, 1.165) is 5.56 Å². The van der Waals surface area contributed by atoms with Crippen molar-refractivity contribution in [2.24, 2.45) is 0 Å². The summed E-state index contributed by atoms with van der Waals surface area (Å²) >= 11 is 0. The highest BCUT2D eigenvalue weighted by Gasteiger charge is 2.23. The van der Waals surface area contributed by atoms with E-state index in [9.17, 15) is 9.59 Å². The van der Waals surface area contributed by atoms with Crippen molar-refractivity contribution in [3.05, 3.63) is 65.9 Å². The number of aromatic nitrogens is 2. The summed E-state index contributed by atoms with van der Waals surface area (Å²) in [5.41, 5.74) is 2.54. The lowest BCUT2D eigenvalue weighted by molar-refractivity contribution is -0.130. The molecule has 1 fully saturated rings. The van der Waals surface area contributed by atoms with Crippen LogP contribution in [0.4, 0.5) is 0 Å². The van der Waals surface area contributed by atoms with Crippen molar-refractivity contribution >= 4 is 11.8 Å². The summed E-state index contributed by atoms with van der Waals surface area (Å²) < 4.78 is 5.92. The molecular weight excluding hydrogens is 394 g/mol. The number of carbonyl (C=O) groups excluding carboxylic acids is 2. The zero-order chi connectivity index (χ0) is 21.8. The van der Waals surface area contributed by atoms with Gasteiger partial charge in [0, 0.05) is 44.2 Å². The van der Waals surface area contributed by atoms with Gasteiger partial charge >= 0.3 is 0 Å². The lowest BCUT2D eigenvalue weighted by atomic mass is 10.1. The van der Waals surface area contributed by atoms with E-state index in [4.69, 9.17) is 10.00 Å². The van der Waals surface area contributed by atoms with Crippen molar-refractivity contribution in [2.45, 2.75) is 6.92 Å². The van der Waals surface area contributed by atoms with Gasteiger partial charge < -0.3 is 14.5 Å². The standard InChI is InChI=1S/C23H21N5O3/c1-16(29)27-9-11-28(12-10-27)23(30)19-4-2-3-18(13-19)22-21(15-25-26-22)31-20-7-5-17(14-24)6-8-20/h2-8,13,15H,9-12H2,1H3,(H,25,26). The number of piperazine rings is 1. The van der Waals surface area contributed by atoms with Crippen LogP contribution in [0.15, 0.2) is 54.7 Å². The van der Waals surface area contributed by atoms with Crippen LogP contribution in [0.2, 0.25) is 0 Å². The second kappa shape index (κ2) is 8.71. The second-order valence-electron chi connectivity index (χ2n) is 7.23. The van der Waals surface area contributed by atoms with Gasteiger partial charge in [-0.3, -0.25) is 14.7 Å². The van der Waals surface area contributed by atoms with Gasteiger partial charge in [-0.05, 0) is 36.4 Å². The minimum absolute atomic E-state index is 0.0307. The zero-order valence-electron chi connectivity index (χ0n) is 17.0. The normalized spacial score (nSPS) is 13.5. The highest BCUT2D eigenvalue weighted by molar-refractivity contribution is 5.95. The third kappa shape index (κ3) is 4.41. The maximum atomic E-state index is 13.0. The van der Waals surface area contributed by atoms with Crippen LogP contribution in [0.5, 0.6) is 11.5 Å². The minimum atomic E-state index is -0.0703. The van der Waals surface area contributed by atoms with Gasteiger partial charge in [-0.25, -0.2) is 0 Å². The van der Waals surface area contributed by atoms with E-state index in [-0.39, 0.29) is 11.8 Å². The fourth-order valence-electron chi connectivity index (χ4n) is 3.50. The first-order valence-corrected chi connectivity index (χ1v) is 9.92. The Morgan fingerprint density at radius 3 is 2.45 bits per heavy atom. The van der Waals surface area contributed by atoms with E-state index in [1.54, 1.807) is 59.3 Å². The molecule has 8 nitrogen and oxygen atoms in total. The Kier molecular flexibility index (Phi) is 5.67. The number of H-pyrrole nitrogens is 1. The summed E-state index contributed by atoms with van der Waals surface area (Å²) in [7, 11) is 0. The van der Waals surface area contributed by atoms with Gasteiger partial charge in [0.2, 0.25) is 5.91 Å². The number of aromatic amines is 1. The van der Waals surface area contributed by atoms with Crippen molar-refractivity contribution in [3.63, 3.8) is 0 Å².